The predicted octanol–water partition coefficient (Wildman–Crippen LogP) is 5.60. The van der Waals surface area contributed by atoms with Crippen molar-refractivity contribution in [2.45, 2.75) is 64.6 Å². The first kappa shape index (κ1) is 32.1. The monoisotopic (exact) mass is 643 g/mol. The molecule has 0 saturated heterocycles. The predicted molar refractivity (Wildman–Crippen MR) is 165 cm³/mol. The third-order valence-corrected chi connectivity index (χ3v) is 9.17. The summed E-state index contributed by atoms with van der Waals surface area (Å²) in [4.78, 5) is 28.8. The molecule has 0 aliphatic rings. The lowest BCUT2D eigenvalue weighted by Crippen LogP contribution is -2.52. The normalized spacial score (nSPS) is 12.8. The number of methoxy groups -OCH3 is 1. The van der Waals surface area contributed by atoms with Crippen LogP contribution in [0.5, 0.6) is 5.75 Å². The smallest absolute Gasteiger partial charge is 0.264 e. The Balaban J connectivity index is 2.10. The van der Waals surface area contributed by atoms with E-state index in [2.05, 4.69) is 21.2 Å². The molecule has 1 N–H and O–H groups in total. The van der Waals surface area contributed by atoms with Gasteiger partial charge in [0.1, 0.15) is 18.3 Å². The van der Waals surface area contributed by atoms with Crippen LogP contribution in [-0.2, 0) is 26.2 Å². The van der Waals surface area contributed by atoms with Crippen LogP contribution in [0.3, 0.4) is 0 Å². The number of hydrogen-bond donors (Lipinski definition) is 1. The molecule has 8 nitrogen and oxygen atoms in total. The lowest BCUT2D eigenvalue weighted by atomic mass is 10.1. The first-order valence-corrected chi connectivity index (χ1v) is 15.7. The van der Waals surface area contributed by atoms with E-state index in [-0.39, 0.29) is 29.1 Å². The lowest BCUT2D eigenvalue weighted by molar-refractivity contribution is -0.139. The summed E-state index contributed by atoms with van der Waals surface area (Å²) < 4.78 is 35.6. The number of sulfonamides is 1. The van der Waals surface area contributed by atoms with Gasteiger partial charge in [-0.1, -0.05) is 58.7 Å². The molecule has 0 spiro atoms. The molecule has 0 aliphatic heterocycles. The maximum atomic E-state index is 14.1. The van der Waals surface area contributed by atoms with Crippen LogP contribution in [0.2, 0.25) is 0 Å². The maximum absolute atomic E-state index is 14.1. The van der Waals surface area contributed by atoms with Crippen molar-refractivity contribution >= 4 is 43.5 Å². The van der Waals surface area contributed by atoms with Gasteiger partial charge in [-0.2, -0.15) is 0 Å². The van der Waals surface area contributed by atoms with E-state index in [1.54, 1.807) is 31.2 Å². The molecule has 0 radical (unpaired) electrons. The molecule has 220 valence electrons. The number of rotatable bonds is 12. The van der Waals surface area contributed by atoms with E-state index >= 15 is 0 Å². The zero-order valence-electron chi connectivity index (χ0n) is 24.3. The lowest BCUT2D eigenvalue weighted by Gasteiger charge is -2.33. The fraction of sp³-hybridized carbons (Fsp3) is 0.355. The Morgan fingerprint density at radius 1 is 0.976 bits per heavy atom. The number of nitrogens with zero attached hydrogens (tertiary/aromatic N) is 2. The number of carbonyl (C=O) groups is 2. The number of carbonyl (C=O) groups excluding carboxylic acids is 2. The second kappa shape index (κ2) is 14.0. The Morgan fingerprint density at radius 3 is 2.24 bits per heavy atom. The van der Waals surface area contributed by atoms with Crippen molar-refractivity contribution in [2.75, 3.05) is 18.0 Å². The summed E-state index contributed by atoms with van der Waals surface area (Å²) in [6.07, 6.45) is 0.730. The van der Waals surface area contributed by atoms with Gasteiger partial charge < -0.3 is 15.0 Å². The third-order valence-electron chi connectivity index (χ3n) is 6.90. The summed E-state index contributed by atoms with van der Waals surface area (Å²) in [6.45, 7) is 8.78. The van der Waals surface area contributed by atoms with Gasteiger partial charge in [-0.05, 0) is 81.6 Å². The second-order valence-electron chi connectivity index (χ2n) is 10.1. The van der Waals surface area contributed by atoms with E-state index in [1.165, 1.54) is 24.1 Å². The fourth-order valence-electron chi connectivity index (χ4n) is 4.23. The van der Waals surface area contributed by atoms with Crippen LogP contribution in [0.15, 0.2) is 76.1 Å². The van der Waals surface area contributed by atoms with Gasteiger partial charge in [0, 0.05) is 17.1 Å². The molecule has 3 aromatic rings. The number of nitrogens with one attached hydrogen (secondary N) is 1. The van der Waals surface area contributed by atoms with E-state index < -0.39 is 28.5 Å². The first-order valence-electron chi connectivity index (χ1n) is 13.5. The van der Waals surface area contributed by atoms with Crippen LogP contribution in [0.25, 0.3) is 0 Å². The van der Waals surface area contributed by atoms with Crippen LogP contribution in [0.1, 0.15) is 43.9 Å². The van der Waals surface area contributed by atoms with Crippen LogP contribution in [0, 0.1) is 13.8 Å². The summed E-state index contributed by atoms with van der Waals surface area (Å²) in [7, 11) is -2.75. The Labute approximate surface area is 251 Å². The van der Waals surface area contributed by atoms with Crippen molar-refractivity contribution in [3.63, 3.8) is 0 Å². The molecule has 0 aromatic heterocycles. The summed E-state index contributed by atoms with van der Waals surface area (Å²) in [6, 6.07) is 18.1. The minimum Gasteiger partial charge on any atom is -0.495 e. The Hall–Kier alpha value is -3.37. The molecule has 41 heavy (non-hydrogen) atoms. The highest BCUT2D eigenvalue weighted by Crippen LogP contribution is 2.34. The van der Waals surface area contributed by atoms with E-state index in [0.717, 1.165) is 31.9 Å². The molecule has 10 heteroatoms. The van der Waals surface area contributed by atoms with E-state index in [1.807, 2.05) is 58.0 Å². The number of halogens is 1. The molecular formula is C31H38BrN3O5S. The molecule has 2 atom stereocenters. The second-order valence-corrected chi connectivity index (χ2v) is 12.9. The topological polar surface area (TPSA) is 96.0 Å². The van der Waals surface area contributed by atoms with Crippen LogP contribution >= 0.6 is 15.9 Å². The molecule has 0 aliphatic carbocycles. The molecule has 3 rings (SSSR count). The largest absolute Gasteiger partial charge is 0.495 e. The fourth-order valence-corrected chi connectivity index (χ4v) is 6.09. The van der Waals surface area contributed by atoms with Gasteiger partial charge >= 0.3 is 0 Å². The van der Waals surface area contributed by atoms with Crippen LogP contribution in [0.4, 0.5) is 5.69 Å². The number of benzene rings is 3. The first-order chi connectivity index (χ1) is 19.4. The number of hydrogen-bond acceptors (Lipinski definition) is 5. The summed E-state index contributed by atoms with van der Waals surface area (Å²) >= 11 is 3.46. The van der Waals surface area contributed by atoms with Crippen molar-refractivity contribution < 1.29 is 22.7 Å². The molecule has 0 bridgehead atoms. The summed E-state index contributed by atoms with van der Waals surface area (Å²) in [5.74, 6) is -0.542. The quantitative estimate of drug-likeness (QED) is 0.277. The van der Waals surface area contributed by atoms with E-state index in [9.17, 15) is 18.0 Å². The third kappa shape index (κ3) is 8.10. The van der Waals surface area contributed by atoms with Crippen molar-refractivity contribution in [1.29, 1.82) is 0 Å². The molecule has 3 aromatic carbocycles. The van der Waals surface area contributed by atoms with Gasteiger partial charge in [-0.3, -0.25) is 13.9 Å². The van der Waals surface area contributed by atoms with Crippen LogP contribution in [-0.4, -0.2) is 50.9 Å². The van der Waals surface area contributed by atoms with E-state index in [0.29, 0.717) is 5.75 Å². The number of anilines is 1. The van der Waals surface area contributed by atoms with E-state index in [4.69, 9.17) is 4.74 Å². The van der Waals surface area contributed by atoms with Gasteiger partial charge in [0.25, 0.3) is 10.0 Å². The standard InChI is InChI=1S/C31H38BrN3O5S/c1-7-23(4)33-31(37)24(5)34(19-25-9-8-10-26(32)18-25)30(36)20-35(28-17-22(3)13-16-29(28)40-6)41(38,39)27-14-11-21(2)12-15-27/h8-18,23-24H,7,19-20H2,1-6H3,(H,33,37)/t23-,24+/m0/s1. The average molecular weight is 645 g/mol. The van der Waals surface area contributed by atoms with Gasteiger partial charge in [0.2, 0.25) is 11.8 Å². The van der Waals surface area contributed by atoms with Crippen molar-refractivity contribution in [3.8, 4) is 5.75 Å². The van der Waals surface area contributed by atoms with Gasteiger partial charge in [0.15, 0.2) is 0 Å². The Morgan fingerprint density at radius 2 is 1.63 bits per heavy atom. The van der Waals surface area contributed by atoms with Crippen LogP contribution < -0.4 is 14.4 Å². The zero-order chi connectivity index (χ0) is 30.3. The maximum Gasteiger partial charge on any atom is 0.264 e. The summed E-state index contributed by atoms with van der Waals surface area (Å²) in [5.41, 5.74) is 2.73. The highest BCUT2D eigenvalue weighted by atomic mass is 79.9. The molecule has 2 amide bonds. The molecule has 0 fully saturated rings. The average Bonchev–Trinajstić information content (AvgIpc) is 2.94. The highest BCUT2D eigenvalue weighted by molar-refractivity contribution is 9.10. The molecule has 0 unspecified atom stereocenters. The van der Waals surface area contributed by atoms with Gasteiger partial charge in [-0.15, -0.1) is 0 Å². The summed E-state index contributed by atoms with van der Waals surface area (Å²) in [5, 5.41) is 2.94. The Bertz CT molecular complexity index is 1480. The number of aryl methyl sites for hydroxylation is 2. The minimum absolute atomic E-state index is 0.0422. The molecule has 0 saturated carbocycles. The zero-order valence-corrected chi connectivity index (χ0v) is 26.8. The van der Waals surface area contributed by atoms with Crippen molar-refractivity contribution in [2.24, 2.45) is 0 Å². The van der Waals surface area contributed by atoms with Crippen molar-refractivity contribution in [3.05, 3.63) is 87.9 Å². The number of ether oxygens (including phenoxy) is 1. The van der Waals surface area contributed by atoms with Gasteiger partial charge in [0.05, 0.1) is 17.7 Å². The van der Waals surface area contributed by atoms with Gasteiger partial charge in [-0.25, -0.2) is 8.42 Å². The van der Waals surface area contributed by atoms with Crippen molar-refractivity contribution in [1.82, 2.24) is 10.2 Å². The number of amides is 2. The highest BCUT2D eigenvalue weighted by Gasteiger charge is 2.34. The Kier molecular flexibility index (Phi) is 11.0. The minimum atomic E-state index is -4.20. The molecular weight excluding hydrogens is 606 g/mol. The SMILES string of the molecule is CC[C@H](C)NC(=O)[C@@H](C)N(Cc1cccc(Br)c1)C(=O)CN(c1cc(C)ccc1OC)S(=O)(=O)c1ccc(C)cc1. The molecule has 0 heterocycles.